The molecule has 11 heteroatoms. The zero-order valence-corrected chi connectivity index (χ0v) is 16.6. The SMILES string of the molecule is NC(=O)C1CCN(CC(=O)Nc2ccc(S(=O)(=O)Nc3nccs3)cc2)CC1. The number of aromatic nitrogens is 1. The smallest absolute Gasteiger partial charge is 0.263 e. The highest BCUT2D eigenvalue weighted by Crippen LogP contribution is 2.20. The molecule has 28 heavy (non-hydrogen) atoms. The minimum Gasteiger partial charge on any atom is -0.369 e. The van der Waals surface area contributed by atoms with Crippen LogP contribution in [0.15, 0.2) is 40.7 Å². The third kappa shape index (κ3) is 5.27. The number of nitrogens with one attached hydrogen (secondary N) is 2. The van der Waals surface area contributed by atoms with E-state index in [1.165, 1.54) is 41.8 Å². The first-order chi connectivity index (χ1) is 13.3. The van der Waals surface area contributed by atoms with E-state index >= 15 is 0 Å². The number of benzene rings is 1. The molecule has 4 N–H and O–H groups in total. The van der Waals surface area contributed by atoms with Gasteiger partial charge in [0.2, 0.25) is 11.8 Å². The second-order valence-corrected chi connectivity index (χ2v) is 9.05. The van der Waals surface area contributed by atoms with Gasteiger partial charge in [-0.3, -0.25) is 19.2 Å². The summed E-state index contributed by atoms with van der Waals surface area (Å²) < 4.78 is 27.0. The van der Waals surface area contributed by atoms with Crippen LogP contribution >= 0.6 is 11.3 Å². The number of nitrogens with zero attached hydrogens (tertiary/aromatic N) is 2. The fraction of sp³-hybridized carbons (Fsp3) is 0.353. The maximum absolute atomic E-state index is 12.3. The van der Waals surface area contributed by atoms with Gasteiger partial charge < -0.3 is 11.1 Å². The fourth-order valence-corrected chi connectivity index (χ4v) is 4.73. The largest absolute Gasteiger partial charge is 0.369 e. The molecule has 2 heterocycles. The zero-order chi connectivity index (χ0) is 20.1. The monoisotopic (exact) mass is 423 g/mol. The number of sulfonamides is 1. The van der Waals surface area contributed by atoms with Crippen molar-refractivity contribution in [3.05, 3.63) is 35.8 Å². The molecule has 0 bridgehead atoms. The summed E-state index contributed by atoms with van der Waals surface area (Å²) in [5.41, 5.74) is 5.81. The normalized spacial score (nSPS) is 15.9. The van der Waals surface area contributed by atoms with Gasteiger partial charge in [0.05, 0.1) is 11.4 Å². The number of likely N-dealkylation sites (tertiary alicyclic amines) is 1. The summed E-state index contributed by atoms with van der Waals surface area (Å²) in [5, 5.41) is 4.71. The number of rotatable bonds is 7. The van der Waals surface area contributed by atoms with E-state index in [0.717, 1.165) is 0 Å². The van der Waals surface area contributed by atoms with Crippen LogP contribution in [0.5, 0.6) is 0 Å². The van der Waals surface area contributed by atoms with Gasteiger partial charge in [0.1, 0.15) is 0 Å². The van der Waals surface area contributed by atoms with E-state index in [-0.39, 0.29) is 34.3 Å². The van der Waals surface area contributed by atoms with E-state index in [9.17, 15) is 18.0 Å². The van der Waals surface area contributed by atoms with Gasteiger partial charge in [-0.05, 0) is 50.2 Å². The summed E-state index contributed by atoms with van der Waals surface area (Å²) in [4.78, 5) is 29.3. The van der Waals surface area contributed by atoms with Crippen LogP contribution in [-0.4, -0.2) is 49.8 Å². The van der Waals surface area contributed by atoms with E-state index < -0.39 is 10.0 Å². The predicted octanol–water partition coefficient (Wildman–Crippen LogP) is 1.08. The Hall–Kier alpha value is -2.50. The maximum Gasteiger partial charge on any atom is 0.263 e. The van der Waals surface area contributed by atoms with Crippen LogP contribution in [0.1, 0.15) is 12.8 Å². The van der Waals surface area contributed by atoms with Crippen LogP contribution in [0.2, 0.25) is 0 Å². The minimum atomic E-state index is -3.72. The first-order valence-corrected chi connectivity index (χ1v) is 11.0. The lowest BCUT2D eigenvalue weighted by Crippen LogP contribution is -2.42. The van der Waals surface area contributed by atoms with Gasteiger partial charge in [0.15, 0.2) is 5.13 Å². The second kappa shape index (κ2) is 8.67. The first kappa shape index (κ1) is 20.2. The molecule has 3 rings (SSSR count). The van der Waals surface area contributed by atoms with Crippen LogP contribution in [0, 0.1) is 5.92 Å². The molecular weight excluding hydrogens is 402 g/mol. The van der Waals surface area contributed by atoms with Gasteiger partial charge in [-0.25, -0.2) is 13.4 Å². The lowest BCUT2D eigenvalue weighted by molar-refractivity contribution is -0.123. The van der Waals surface area contributed by atoms with Crippen molar-refractivity contribution in [2.45, 2.75) is 17.7 Å². The highest BCUT2D eigenvalue weighted by molar-refractivity contribution is 7.93. The number of hydrogen-bond donors (Lipinski definition) is 3. The lowest BCUT2D eigenvalue weighted by Gasteiger charge is -2.29. The number of primary amides is 1. The third-order valence-corrected chi connectivity index (χ3v) is 6.63. The Morgan fingerprint density at radius 2 is 1.89 bits per heavy atom. The Morgan fingerprint density at radius 3 is 2.46 bits per heavy atom. The molecule has 150 valence electrons. The molecule has 0 spiro atoms. The molecule has 1 aromatic heterocycles. The Labute approximate surface area is 167 Å². The van der Waals surface area contributed by atoms with Crippen molar-refractivity contribution in [2.24, 2.45) is 11.7 Å². The van der Waals surface area contributed by atoms with Crippen molar-refractivity contribution >= 4 is 44.0 Å². The van der Waals surface area contributed by atoms with Gasteiger partial charge in [-0.15, -0.1) is 11.3 Å². The molecule has 1 aliphatic heterocycles. The topological polar surface area (TPSA) is 134 Å². The van der Waals surface area contributed by atoms with E-state index in [4.69, 9.17) is 5.73 Å². The molecule has 1 saturated heterocycles. The van der Waals surface area contributed by atoms with Gasteiger partial charge in [0, 0.05) is 23.2 Å². The minimum absolute atomic E-state index is 0.0780. The number of carbonyl (C=O) groups is 2. The Kier molecular flexibility index (Phi) is 6.27. The van der Waals surface area contributed by atoms with Gasteiger partial charge in [0.25, 0.3) is 10.0 Å². The van der Waals surface area contributed by atoms with Gasteiger partial charge >= 0.3 is 0 Å². The number of nitrogens with two attached hydrogens (primary N) is 1. The number of piperidine rings is 1. The number of amides is 2. The van der Waals surface area contributed by atoms with E-state index in [2.05, 4.69) is 15.0 Å². The first-order valence-electron chi connectivity index (χ1n) is 8.67. The third-order valence-electron chi connectivity index (χ3n) is 4.46. The summed E-state index contributed by atoms with van der Waals surface area (Å²) >= 11 is 1.19. The molecule has 9 nitrogen and oxygen atoms in total. The molecule has 1 aliphatic rings. The molecule has 2 aromatic rings. The summed E-state index contributed by atoms with van der Waals surface area (Å²) in [5.74, 6) is -0.607. The number of thiazole rings is 1. The van der Waals surface area contributed by atoms with E-state index in [0.29, 0.717) is 31.6 Å². The van der Waals surface area contributed by atoms with Crippen molar-refractivity contribution in [1.82, 2.24) is 9.88 Å². The van der Waals surface area contributed by atoms with E-state index in [1.807, 2.05) is 4.90 Å². The Morgan fingerprint density at radius 1 is 1.21 bits per heavy atom. The van der Waals surface area contributed by atoms with Crippen molar-refractivity contribution in [2.75, 3.05) is 29.7 Å². The molecule has 0 unspecified atom stereocenters. The molecule has 0 saturated carbocycles. The highest BCUT2D eigenvalue weighted by atomic mass is 32.2. The van der Waals surface area contributed by atoms with Crippen molar-refractivity contribution in [1.29, 1.82) is 0 Å². The van der Waals surface area contributed by atoms with Crippen LogP contribution in [0.4, 0.5) is 10.8 Å². The molecule has 1 fully saturated rings. The maximum atomic E-state index is 12.3. The number of carbonyl (C=O) groups excluding carboxylic acids is 2. The standard InChI is InChI=1S/C17H21N5O4S2/c18-16(24)12-5-8-22(9-6-12)11-15(23)20-13-1-3-14(4-2-13)28(25,26)21-17-19-7-10-27-17/h1-4,7,10,12H,5-6,8-9,11H2,(H2,18,24)(H,19,21)(H,20,23). The molecule has 0 radical (unpaired) electrons. The van der Waals surface area contributed by atoms with Crippen molar-refractivity contribution in [3.8, 4) is 0 Å². The average molecular weight is 424 g/mol. The molecule has 0 aliphatic carbocycles. The Balaban J connectivity index is 1.52. The summed E-state index contributed by atoms with van der Waals surface area (Å²) in [6.45, 7) is 1.48. The molecule has 0 atom stereocenters. The van der Waals surface area contributed by atoms with Crippen LogP contribution < -0.4 is 15.8 Å². The van der Waals surface area contributed by atoms with E-state index in [1.54, 1.807) is 5.38 Å². The van der Waals surface area contributed by atoms with Crippen LogP contribution in [0.25, 0.3) is 0 Å². The summed E-state index contributed by atoms with van der Waals surface area (Å²) in [7, 11) is -3.72. The molecular formula is C17H21N5O4S2. The van der Waals surface area contributed by atoms with Crippen LogP contribution in [0.3, 0.4) is 0 Å². The second-order valence-electron chi connectivity index (χ2n) is 6.47. The van der Waals surface area contributed by atoms with Crippen LogP contribution in [-0.2, 0) is 19.6 Å². The Bertz CT molecular complexity index is 921. The highest BCUT2D eigenvalue weighted by Gasteiger charge is 2.24. The van der Waals surface area contributed by atoms with Gasteiger partial charge in [-0.2, -0.15) is 0 Å². The molecule has 2 amide bonds. The summed E-state index contributed by atoms with van der Waals surface area (Å²) in [6.07, 6.45) is 2.82. The quantitative estimate of drug-likeness (QED) is 0.610. The fourth-order valence-electron chi connectivity index (χ4n) is 2.94. The zero-order valence-electron chi connectivity index (χ0n) is 15.0. The number of anilines is 2. The lowest BCUT2D eigenvalue weighted by atomic mass is 9.96. The van der Waals surface area contributed by atoms with Crippen molar-refractivity contribution in [3.63, 3.8) is 0 Å². The average Bonchev–Trinajstić information content (AvgIpc) is 3.15. The summed E-state index contributed by atoms with van der Waals surface area (Å²) in [6, 6.07) is 5.91. The molecule has 1 aromatic carbocycles. The number of hydrogen-bond acceptors (Lipinski definition) is 7. The predicted molar refractivity (Wildman–Crippen MR) is 106 cm³/mol. The van der Waals surface area contributed by atoms with Crippen molar-refractivity contribution < 1.29 is 18.0 Å². The van der Waals surface area contributed by atoms with Gasteiger partial charge in [-0.1, -0.05) is 0 Å².